The van der Waals surface area contributed by atoms with Crippen LogP contribution in [0.2, 0.25) is 0 Å². The summed E-state index contributed by atoms with van der Waals surface area (Å²) in [6, 6.07) is 7.77. The smallest absolute Gasteiger partial charge is 0.225 e. The van der Waals surface area contributed by atoms with Gasteiger partial charge in [0.15, 0.2) is 11.4 Å². The number of ketones is 2. The van der Waals surface area contributed by atoms with Crippen LogP contribution in [0.1, 0.15) is 29.7 Å². The maximum atomic E-state index is 13.9. The number of aromatic hydroxyl groups is 1. The molecule has 2 aromatic rings. The van der Waals surface area contributed by atoms with Gasteiger partial charge >= 0.3 is 0 Å². The summed E-state index contributed by atoms with van der Waals surface area (Å²) >= 11 is 0. The number of phenols is 1. The van der Waals surface area contributed by atoms with E-state index in [0.29, 0.717) is 16.8 Å². The zero-order valence-corrected chi connectivity index (χ0v) is 20.9. The largest absolute Gasteiger partial charge is 0.507 e. The highest BCUT2D eigenvalue weighted by molar-refractivity contribution is 6.23. The lowest BCUT2D eigenvalue weighted by Crippen LogP contribution is -2.64. The number of Topliss-reactive ketones (excluding diaryl/α,β-unsaturated/α-hetero) is 2. The predicted octanol–water partition coefficient (Wildman–Crippen LogP) is 0.891. The van der Waals surface area contributed by atoms with E-state index in [9.17, 15) is 34.8 Å². The Morgan fingerprint density at radius 2 is 1.92 bits per heavy atom. The number of carbonyl (C=O) groups is 3. The molecule has 0 saturated heterocycles. The highest BCUT2D eigenvalue weighted by atomic mass is 16.3. The number of hydrogen-bond acceptors (Lipinski definition) is 9. The molecule has 1 fully saturated rings. The van der Waals surface area contributed by atoms with Gasteiger partial charge in [0.2, 0.25) is 11.7 Å². The third-order valence-corrected chi connectivity index (χ3v) is 7.55. The quantitative estimate of drug-likeness (QED) is 0.340. The third-order valence-electron chi connectivity index (χ3n) is 7.55. The first kappa shape index (κ1) is 26.5. The van der Waals surface area contributed by atoms with Crippen LogP contribution in [0, 0.1) is 18.8 Å². The number of primary amides is 1. The molecule has 1 aromatic carbocycles. The van der Waals surface area contributed by atoms with Gasteiger partial charge in [-0.05, 0) is 69.6 Å². The first-order valence-corrected chi connectivity index (χ1v) is 12.0. The average Bonchev–Trinajstić information content (AvgIpc) is 2.81. The Morgan fingerprint density at radius 3 is 2.51 bits per heavy atom. The zero-order valence-electron chi connectivity index (χ0n) is 20.9. The molecule has 0 aliphatic heterocycles. The second kappa shape index (κ2) is 9.70. The molecule has 4 atom stereocenters. The Hall–Kier alpha value is -3.60. The number of hydrogen-bond donors (Lipinski definition) is 5. The van der Waals surface area contributed by atoms with E-state index in [2.05, 4.69) is 4.98 Å². The van der Waals surface area contributed by atoms with E-state index < -0.39 is 59.7 Å². The van der Waals surface area contributed by atoms with E-state index in [-0.39, 0.29) is 29.7 Å². The van der Waals surface area contributed by atoms with Crippen LogP contribution >= 0.6 is 0 Å². The number of nitrogens with zero attached hydrogens (tertiary/aromatic N) is 2. The number of pyridine rings is 1. The normalized spacial score (nSPS) is 24.0. The van der Waals surface area contributed by atoms with Gasteiger partial charge in [0, 0.05) is 28.8 Å². The van der Waals surface area contributed by atoms with Crippen molar-refractivity contribution in [2.75, 3.05) is 20.7 Å². The monoisotopic (exact) mass is 509 g/mol. The number of rotatable bonds is 7. The van der Waals surface area contributed by atoms with Gasteiger partial charge in [0.25, 0.3) is 0 Å². The molecule has 10 nitrogen and oxygen atoms in total. The fourth-order valence-corrected chi connectivity index (χ4v) is 5.78. The van der Waals surface area contributed by atoms with Gasteiger partial charge in [-0.25, -0.2) is 0 Å². The minimum absolute atomic E-state index is 0.0369. The molecule has 0 spiro atoms. The molecular formula is C27H31N3O7. The second-order valence-electron chi connectivity index (χ2n) is 10.0. The average molecular weight is 510 g/mol. The van der Waals surface area contributed by atoms with Crippen molar-refractivity contribution in [1.82, 2.24) is 9.88 Å². The molecule has 0 radical (unpaired) electrons. The summed E-state index contributed by atoms with van der Waals surface area (Å²) in [7, 11) is 3.28. The van der Waals surface area contributed by atoms with E-state index in [1.807, 2.05) is 19.1 Å². The van der Waals surface area contributed by atoms with Crippen molar-refractivity contribution < 1.29 is 34.8 Å². The lowest BCUT2D eigenvalue weighted by molar-refractivity contribution is -0.163. The number of aliphatic hydroxyl groups excluding tert-OH is 2. The summed E-state index contributed by atoms with van der Waals surface area (Å²) < 4.78 is 0. The van der Waals surface area contributed by atoms with Crippen molar-refractivity contribution in [1.29, 1.82) is 0 Å². The van der Waals surface area contributed by atoms with E-state index in [0.717, 1.165) is 5.69 Å². The molecule has 1 aromatic heterocycles. The number of likely N-dealkylation sites (N-methyl/N-ethyl adjacent to an activating group) is 1. The number of benzene rings is 1. The van der Waals surface area contributed by atoms with Crippen LogP contribution in [-0.2, 0) is 20.8 Å². The summed E-state index contributed by atoms with van der Waals surface area (Å²) in [4.78, 5) is 44.7. The summed E-state index contributed by atoms with van der Waals surface area (Å²) in [6.07, 6.45) is -0.624. The van der Waals surface area contributed by atoms with Crippen molar-refractivity contribution in [3.8, 4) is 17.0 Å². The molecule has 10 heteroatoms. The summed E-state index contributed by atoms with van der Waals surface area (Å²) in [5.41, 5.74) is 5.00. The first-order chi connectivity index (χ1) is 17.4. The molecule has 0 bridgehead atoms. The Balaban J connectivity index is 1.93. The van der Waals surface area contributed by atoms with Gasteiger partial charge in [0.05, 0.1) is 24.3 Å². The highest BCUT2D eigenvalue weighted by Crippen LogP contribution is 2.50. The van der Waals surface area contributed by atoms with Crippen molar-refractivity contribution in [2.45, 2.75) is 37.8 Å². The van der Waals surface area contributed by atoms with Crippen LogP contribution in [0.3, 0.4) is 0 Å². The summed E-state index contributed by atoms with van der Waals surface area (Å²) in [5, 5.41) is 43.8. The number of aliphatic hydroxyl groups is 3. The standard InChI is InChI=1S/C27H31N3O7/c1-13-5-4-6-18(29-13)15-7-8-20(32)24-16(15)9-14-10-17(19(12-31)30(2)3)27(37,21(33)11-22(28)34)26(36)23(14)25(24)35/h4-8,14,17,19,31-32,35,37H,9-12H2,1-3H3,(H2,28,34)/t14-,17-,19?,27+/m0/s1. The third kappa shape index (κ3) is 4.30. The van der Waals surface area contributed by atoms with Crippen LogP contribution in [0.25, 0.3) is 17.0 Å². The molecule has 2 aliphatic rings. The highest BCUT2D eigenvalue weighted by Gasteiger charge is 2.60. The summed E-state index contributed by atoms with van der Waals surface area (Å²) in [5.74, 6) is -5.68. The minimum Gasteiger partial charge on any atom is -0.507 e. The fourth-order valence-electron chi connectivity index (χ4n) is 5.78. The maximum absolute atomic E-state index is 13.9. The SMILES string of the molecule is Cc1cccc(-c2ccc(O)c3c2C[C@H]2C[C@@H](C(CO)N(C)C)[C@@](O)(C(=O)CC(N)=O)C(=O)C2=C3O)n1. The number of fused-ring (bicyclic) bond motifs is 2. The molecule has 196 valence electrons. The number of amides is 1. The molecule has 1 unspecified atom stereocenters. The second-order valence-corrected chi connectivity index (χ2v) is 10.0. The van der Waals surface area contributed by atoms with Gasteiger partial charge in [-0.15, -0.1) is 0 Å². The van der Waals surface area contributed by atoms with Crippen LogP contribution in [0.4, 0.5) is 0 Å². The number of aromatic nitrogens is 1. The number of carbonyl (C=O) groups excluding carboxylic acids is 3. The van der Waals surface area contributed by atoms with Crippen LogP contribution in [0.15, 0.2) is 35.9 Å². The van der Waals surface area contributed by atoms with Crippen molar-refractivity contribution in [2.24, 2.45) is 17.6 Å². The first-order valence-electron chi connectivity index (χ1n) is 12.0. The van der Waals surface area contributed by atoms with E-state index >= 15 is 0 Å². The molecule has 1 heterocycles. The maximum Gasteiger partial charge on any atom is 0.225 e. The molecular weight excluding hydrogens is 478 g/mol. The fraction of sp³-hybridized carbons (Fsp3) is 0.407. The molecule has 2 aliphatic carbocycles. The molecule has 1 amide bonds. The van der Waals surface area contributed by atoms with Crippen molar-refractivity contribution in [3.05, 3.63) is 52.7 Å². The Labute approximate surface area is 214 Å². The Bertz CT molecular complexity index is 1320. The lowest BCUT2D eigenvalue weighted by Gasteiger charge is -2.47. The number of nitrogens with two attached hydrogens (primary N) is 1. The van der Waals surface area contributed by atoms with Gasteiger partial charge in [-0.3, -0.25) is 19.4 Å². The molecule has 4 rings (SSSR count). The van der Waals surface area contributed by atoms with Crippen molar-refractivity contribution >= 4 is 23.2 Å². The molecule has 6 N–H and O–H groups in total. The summed E-state index contributed by atoms with van der Waals surface area (Å²) in [6.45, 7) is 1.38. The van der Waals surface area contributed by atoms with Crippen molar-refractivity contribution in [3.63, 3.8) is 0 Å². The van der Waals surface area contributed by atoms with E-state index in [1.54, 1.807) is 31.1 Å². The van der Waals surface area contributed by atoms with Gasteiger partial charge in [0.1, 0.15) is 11.5 Å². The predicted molar refractivity (Wildman–Crippen MR) is 134 cm³/mol. The Kier molecular flexibility index (Phi) is 6.93. The Morgan fingerprint density at radius 1 is 1.22 bits per heavy atom. The van der Waals surface area contributed by atoms with Gasteiger partial charge < -0.3 is 31.1 Å². The topological polar surface area (TPSA) is 174 Å². The van der Waals surface area contributed by atoms with Gasteiger partial charge in [-0.1, -0.05) is 6.07 Å². The van der Waals surface area contributed by atoms with E-state index in [4.69, 9.17) is 5.73 Å². The van der Waals surface area contributed by atoms with Crippen LogP contribution in [-0.4, -0.2) is 80.1 Å². The zero-order chi connectivity index (χ0) is 27.2. The molecule has 1 saturated carbocycles. The minimum atomic E-state index is -2.70. The van der Waals surface area contributed by atoms with Crippen LogP contribution < -0.4 is 5.73 Å². The number of aryl methyl sites for hydroxylation is 1. The van der Waals surface area contributed by atoms with Crippen LogP contribution in [0.5, 0.6) is 5.75 Å². The number of phenolic OH excluding ortho intramolecular Hbond substituents is 1. The van der Waals surface area contributed by atoms with E-state index in [1.165, 1.54) is 6.07 Å². The van der Waals surface area contributed by atoms with Gasteiger partial charge in [-0.2, -0.15) is 0 Å². The lowest BCUT2D eigenvalue weighted by atomic mass is 9.59. The molecule has 37 heavy (non-hydrogen) atoms.